The lowest BCUT2D eigenvalue weighted by Crippen LogP contribution is -2.56. The number of thiophene rings is 1. The van der Waals surface area contributed by atoms with Crippen molar-refractivity contribution in [3.63, 3.8) is 0 Å². The Morgan fingerprint density at radius 3 is 2.33 bits per heavy atom. The molecule has 4 nitrogen and oxygen atoms in total. The third-order valence-electron chi connectivity index (χ3n) is 7.26. The highest BCUT2D eigenvalue weighted by atomic mass is 32.1. The van der Waals surface area contributed by atoms with Gasteiger partial charge in [-0.2, -0.15) is 0 Å². The minimum absolute atomic E-state index is 0.160. The van der Waals surface area contributed by atoms with E-state index in [1.165, 1.54) is 54.7 Å². The first-order chi connectivity index (χ1) is 12.9. The Morgan fingerprint density at radius 2 is 1.81 bits per heavy atom. The fourth-order valence-corrected chi connectivity index (χ4v) is 7.33. The molecule has 1 amide bonds. The maximum Gasteiger partial charge on any atom is 0.348 e. The van der Waals surface area contributed by atoms with Crippen molar-refractivity contribution in [2.45, 2.75) is 71.8 Å². The van der Waals surface area contributed by atoms with Crippen LogP contribution in [-0.2, 0) is 16.0 Å². The van der Waals surface area contributed by atoms with Crippen molar-refractivity contribution in [3.8, 4) is 0 Å². The summed E-state index contributed by atoms with van der Waals surface area (Å²) in [5.41, 5.74) is 1.39. The molecular weight excluding hydrogens is 358 g/mol. The zero-order valence-corrected chi connectivity index (χ0v) is 17.5. The average molecular weight is 390 g/mol. The van der Waals surface area contributed by atoms with Crippen molar-refractivity contribution >= 4 is 23.2 Å². The van der Waals surface area contributed by atoms with Gasteiger partial charge in [-0.1, -0.05) is 6.92 Å². The largest absolute Gasteiger partial charge is 0.451 e. The predicted molar refractivity (Wildman–Crippen MR) is 107 cm³/mol. The molecule has 1 aromatic rings. The highest BCUT2D eigenvalue weighted by Gasteiger charge is 2.53. The number of ether oxygens (including phenoxy) is 1. The van der Waals surface area contributed by atoms with Crippen LogP contribution in [0.25, 0.3) is 0 Å². The van der Waals surface area contributed by atoms with Gasteiger partial charge < -0.3 is 10.1 Å². The Hall–Kier alpha value is -1.36. The maximum absolute atomic E-state index is 12.4. The van der Waals surface area contributed by atoms with E-state index in [2.05, 4.69) is 19.2 Å². The molecule has 4 aliphatic carbocycles. The molecule has 4 fully saturated rings. The number of aryl methyl sites for hydroxylation is 2. The van der Waals surface area contributed by atoms with Crippen molar-refractivity contribution in [2.24, 2.45) is 23.2 Å². The highest BCUT2D eigenvalue weighted by molar-refractivity contribution is 7.14. The van der Waals surface area contributed by atoms with E-state index in [1.54, 1.807) is 0 Å². The second-order valence-corrected chi connectivity index (χ2v) is 10.4. The number of carbonyl (C=O) groups is 2. The van der Waals surface area contributed by atoms with Gasteiger partial charge in [0.15, 0.2) is 6.61 Å². The summed E-state index contributed by atoms with van der Waals surface area (Å²) < 4.78 is 5.28. The molecule has 4 saturated carbocycles. The summed E-state index contributed by atoms with van der Waals surface area (Å²) in [5, 5.41) is 3.16. The van der Waals surface area contributed by atoms with Crippen LogP contribution in [0.5, 0.6) is 0 Å². The third-order valence-corrected chi connectivity index (χ3v) is 8.62. The van der Waals surface area contributed by atoms with E-state index < -0.39 is 0 Å². The number of esters is 1. The molecule has 1 N–H and O–H groups in total. The summed E-state index contributed by atoms with van der Waals surface area (Å²) in [6.07, 6.45) is 8.89. The van der Waals surface area contributed by atoms with Crippen molar-refractivity contribution in [1.82, 2.24) is 5.32 Å². The molecule has 5 heteroatoms. The van der Waals surface area contributed by atoms with E-state index in [4.69, 9.17) is 4.74 Å². The van der Waals surface area contributed by atoms with E-state index in [0.29, 0.717) is 4.88 Å². The first-order valence-corrected chi connectivity index (χ1v) is 11.3. The molecule has 1 heterocycles. The summed E-state index contributed by atoms with van der Waals surface area (Å²) in [7, 11) is 0. The molecule has 4 bridgehead atoms. The SMILES string of the molecule is CCc1sc(C(=O)OCC(=O)N[C@H](C)C23CC4CC(CC(C4)C2)C3)cc1C. The number of hydrogen-bond acceptors (Lipinski definition) is 4. The van der Waals surface area contributed by atoms with E-state index in [-0.39, 0.29) is 29.9 Å². The van der Waals surface area contributed by atoms with Gasteiger partial charge in [0, 0.05) is 10.9 Å². The Labute approximate surface area is 166 Å². The predicted octanol–water partition coefficient (Wildman–Crippen LogP) is 4.50. The van der Waals surface area contributed by atoms with Crippen LogP contribution >= 0.6 is 11.3 Å². The molecule has 4 aliphatic rings. The fourth-order valence-electron chi connectivity index (χ4n) is 6.32. The second-order valence-electron chi connectivity index (χ2n) is 9.22. The van der Waals surface area contributed by atoms with Crippen molar-refractivity contribution in [1.29, 1.82) is 0 Å². The van der Waals surface area contributed by atoms with E-state index >= 15 is 0 Å². The fraction of sp³-hybridized carbons (Fsp3) is 0.727. The molecule has 0 radical (unpaired) electrons. The summed E-state index contributed by atoms with van der Waals surface area (Å²) in [4.78, 5) is 26.5. The zero-order chi connectivity index (χ0) is 19.2. The molecule has 27 heavy (non-hydrogen) atoms. The minimum atomic E-state index is -0.389. The summed E-state index contributed by atoms with van der Waals surface area (Å²) >= 11 is 1.47. The maximum atomic E-state index is 12.4. The molecule has 5 rings (SSSR count). The van der Waals surface area contributed by atoms with Gasteiger partial charge in [-0.25, -0.2) is 4.79 Å². The van der Waals surface area contributed by atoms with Gasteiger partial charge in [-0.15, -0.1) is 11.3 Å². The number of nitrogens with one attached hydrogen (secondary N) is 1. The lowest BCUT2D eigenvalue weighted by atomic mass is 9.48. The molecule has 0 unspecified atom stereocenters. The Bertz CT molecular complexity index is 703. The van der Waals surface area contributed by atoms with Crippen molar-refractivity contribution < 1.29 is 14.3 Å². The number of amides is 1. The highest BCUT2D eigenvalue weighted by Crippen LogP contribution is 2.61. The Kier molecular flexibility index (Phi) is 5.08. The van der Waals surface area contributed by atoms with Gasteiger partial charge in [-0.05, 0) is 93.6 Å². The normalized spacial score (nSPS) is 32.3. The summed E-state index contributed by atoms with van der Waals surface area (Å²) in [6.45, 7) is 6.05. The minimum Gasteiger partial charge on any atom is -0.451 e. The van der Waals surface area contributed by atoms with Crippen LogP contribution in [0, 0.1) is 30.1 Å². The van der Waals surface area contributed by atoms with Gasteiger partial charge in [0.25, 0.3) is 5.91 Å². The average Bonchev–Trinajstić information content (AvgIpc) is 2.99. The Morgan fingerprint density at radius 1 is 1.22 bits per heavy atom. The van der Waals surface area contributed by atoms with Gasteiger partial charge in [-0.3, -0.25) is 4.79 Å². The standard InChI is InChI=1S/C22H31NO3S/c1-4-18-13(2)5-19(27-18)21(25)26-12-20(24)23-14(3)22-9-15-6-16(10-22)8-17(7-15)11-22/h5,14-17H,4,6-12H2,1-3H3,(H,23,24)/t14-,15?,16?,17?,22?/m1/s1. The van der Waals surface area contributed by atoms with Gasteiger partial charge in [0.1, 0.15) is 4.88 Å². The van der Waals surface area contributed by atoms with Crippen LogP contribution < -0.4 is 5.32 Å². The van der Waals surface area contributed by atoms with Crippen LogP contribution in [0.15, 0.2) is 6.07 Å². The molecule has 0 aliphatic heterocycles. The van der Waals surface area contributed by atoms with E-state index in [9.17, 15) is 9.59 Å². The molecule has 148 valence electrons. The zero-order valence-electron chi connectivity index (χ0n) is 16.7. The number of rotatable bonds is 6. The molecule has 1 atom stereocenters. The number of carbonyl (C=O) groups excluding carboxylic acids is 2. The third kappa shape index (κ3) is 3.67. The van der Waals surface area contributed by atoms with Crippen molar-refractivity contribution in [3.05, 3.63) is 21.4 Å². The van der Waals surface area contributed by atoms with Crippen molar-refractivity contribution in [2.75, 3.05) is 6.61 Å². The molecule has 0 saturated heterocycles. The molecule has 1 aromatic heterocycles. The van der Waals surface area contributed by atoms with Crippen LogP contribution in [0.2, 0.25) is 0 Å². The van der Waals surface area contributed by atoms with Crippen LogP contribution in [-0.4, -0.2) is 24.5 Å². The summed E-state index contributed by atoms with van der Waals surface area (Å²) in [6, 6.07) is 2.02. The quantitative estimate of drug-likeness (QED) is 0.729. The van der Waals surface area contributed by atoms with E-state index in [1.807, 2.05) is 13.0 Å². The molecular formula is C22H31NO3S. The lowest BCUT2D eigenvalue weighted by Gasteiger charge is -2.59. The lowest BCUT2D eigenvalue weighted by molar-refractivity contribution is -0.128. The smallest absolute Gasteiger partial charge is 0.348 e. The monoisotopic (exact) mass is 389 g/mol. The van der Waals surface area contributed by atoms with Crippen LogP contribution in [0.1, 0.15) is 72.5 Å². The Balaban J connectivity index is 1.31. The molecule has 0 spiro atoms. The van der Waals surface area contributed by atoms with Crippen LogP contribution in [0.3, 0.4) is 0 Å². The first kappa shape index (κ1) is 19.0. The second kappa shape index (κ2) is 7.23. The van der Waals surface area contributed by atoms with E-state index in [0.717, 1.165) is 29.7 Å². The summed E-state index contributed by atoms with van der Waals surface area (Å²) in [5.74, 6) is 2.03. The first-order valence-electron chi connectivity index (χ1n) is 10.4. The van der Waals surface area contributed by atoms with Gasteiger partial charge in [0.05, 0.1) is 0 Å². The van der Waals surface area contributed by atoms with Crippen LogP contribution in [0.4, 0.5) is 0 Å². The molecule has 0 aromatic carbocycles. The number of hydrogen-bond donors (Lipinski definition) is 1. The van der Waals surface area contributed by atoms with Gasteiger partial charge >= 0.3 is 5.97 Å². The van der Waals surface area contributed by atoms with Gasteiger partial charge in [0.2, 0.25) is 0 Å². The topological polar surface area (TPSA) is 55.4 Å².